The minimum atomic E-state index is 0.222. The molecule has 5 heteroatoms. The fourth-order valence-corrected chi connectivity index (χ4v) is 1.13. The van der Waals surface area contributed by atoms with Crippen molar-refractivity contribution in [3.8, 4) is 0 Å². The van der Waals surface area contributed by atoms with Gasteiger partial charge in [0.15, 0.2) is 0 Å². The van der Waals surface area contributed by atoms with E-state index in [1.165, 1.54) is 6.20 Å². The Bertz CT molecular complexity index is 262. The summed E-state index contributed by atoms with van der Waals surface area (Å²) in [6.07, 6.45) is 4.81. The van der Waals surface area contributed by atoms with Crippen LogP contribution in [0.2, 0.25) is 0 Å². The zero-order chi connectivity index (χ0) is 10.4. The summed E-state index contributed by atoms with van der Waals surface area (Å²) in [7, 11) is 0. The SMILES string of the molecule is CC(CCCO)Nc1cnc(N)cn1. The predicted octanol–water partition coefficient (Wildman–Crippen LogP) is 0.632. The van der Waals surface area contributed by atoms with Gasteiger partial charge in [0, 0.05) is 12.6 Å². The van der Waals surface area contributed by atoms with Crippen molar-refractivity contribution in [3.63, 3.8) is 0 Å². The van der Waals surface area contributed by atoms with Crippen molar-refractivity contribution in [2.45, 2.75) is 25.8 Å². The zero-order valence-electron chi connectivity index (χ0n) is 8.27. The molecule has 4 N–H and O–H groups in total. The third kappa shape index (κ3) is 3.57. The molecule has 0 bridgehead atoms. The first kappa shape index (κ1) is 10.7. The van der Waals surface area contributed by atoms with Gasteiger partial charge in [0.05, 0.1) is 12.4 Å². The van der Waals surface area contributed by atoms with E-state index in [0.29, 0.717) is 11.6 Å². The van der Waals surface area contributed by atoms with Gasteiger partial charge in [0.2, 0.25) is 0 Å². The molecular weight excluding hydrogens is 180 g/mol. The summed E-state index contributed by atoms with van der Waals surface area (Å²) in [5.41, 5.74) is 5.40. The van der Waals surface area contributed by atoms with Crippen LogP contribution in [0.1, 0.15) is 19.8 Å². The molecule has 0 aliphatic carbocycles. The van der Waals surface area contributed by atoms with Crippen molar-refractivity contribution in [2.75, 3.05) is 17.7 Å². The van der Waals surface area contributed by atoms with Crippen molar-refractivity contribution in [3.05, 3.63) is 12.4 Å². The maximum absolute atomic E-state index is 8.65. The predicted molar refractivity (Wildman–Crippen MR) is 55.8 cm³/mol. The molecule has 5 nitrogen and oxygen atoms in total. The molecule has 0 saturated carbocycles. The van der Waals surface area contributed by atoms with Crippen LogP contribution in [0.15, 0.2) is 12.4 Å². The van der Waals surface area contributed by atoms with Crippen LogP contribution in [0.4, 0.5) is 11.6 Å². The molecule has 0 aliphatic heterocycles. The first-order valence-electron chi connectivity index (χ1n) is 4.67. The molecule has 1 aromatic rings. The molecule has 1 unspecified atom stereocenters. The fraction of sp³-hybridized carbons (Fsp3) is 0.556. The molecule has 0 radical (unpaired) electrons. The second-order valence-electron chi connectivity index (χ2n) is 3.24. The minimum Gasteiger partial charge on any atom is -0.396 e. The van der Waals surface area contributed by atoms with Crippen LogP contribution < -0.4 is 11.1 Å². The molecule has 14 heavy (non-hydrogen) atoms. The number of hydrogen-bond donors (Lipinski definition) is 3. The lowest BCUT2D eigenvalue weighted by atomic mass is 10.2. The number of nitrogens with two attached hydrogens (primary N) is 1. The second-order valence-corrected chi connectivity index (χ2v) is 3.24. The smallest absolute Gasteiger partial charge is 0.144 e. The van der Waals surface area contributed by atoms with Gasteiger partial charge in [-0.1, -0.05) is 0 Å². The molecule has 1 rings (SSSR count). The molecular formula is C9H16N4O. The van der Waals surface area contributed by atoms with Gasteiger partial charge < -0.3 is 16.2 Å². The van der Waals surface area contributed by atoms with Crippen molar-refractivity contribution >= 4 is 11.6 Å². The van der Waals surface area contributed by atoms with E-state index in [-0.39, 0.29) is 12.6 Å². The van der Waals surface area contributed by atoms with E-state index >= 15 is 0 Å². The Hall–Kier alpha value is -1.36. The number of aliphatic hydroxyl groups excluding tert-OH is 1. The van der Waals surface area contributed by atoms with Gasteiger partial charge in [-0.15, -0.1) is 0 Å². The van der Waals surface area contributed by atoms with Crippen LogP contribution in [-0.4, -0.2) is 27.7 Å². The lowest BCUT2D eigenvalue weighted by molar-refractivity contribution is 0.282. The van der Waals surface area contributed by atoms with E-state index in [0.717, 1.165) is 12.8 Å². The number of nitrogens with one attached hydrogen (secondary N) is 1. The van der Waals surface area contributed by atoms with E-state index in [1.54, 1.807) is 6.20 Å². The van der Waals surface area contributed by atoms with Crippen molar-refractivity contribution in [1.29, 1.82) is 0 Å². The third-order valence-corrected chi connectivity index (χ3v) is 1.86. The quantitative estimate of drug-likeness (QED) is 0.643. The summed E-state index contributed by atoms with van der Waals surface area (Å²) in [5.74, 6) is 1.13. The average molecular weight is 196 g/mol. The molecule has 0 spiro atoms. The van der Waals surface area contributed by atoms with Gasteiger partial charge in [-0.2, -0.15) is 0 Å². The maximum atomic E-state index is 8.65. The summed E-state index contributed by atoms with van der Waals surface area (Å²) in [6.45, 7) is 2.26. The van der Waals surface area contributed by atoms with Gasteiger partial charge in [-0.3, -0.25) is 0 Å². The number of aliphatic hydroxyl groups is 1. The Balaban J connectivity index is 2.39. The number of rotatable bonds is 5. The van der Waals surface area contributed by atoms with Crippen LogP contribution in [0.25, 0.3) is 0 Å². The molecule has 0 fully saturated rings. The molecule has 0 amide bonds. The second kappa shape index (κ2) is 5.39. The van der Waals surface area contributed by atoms with Crippen molar-refractivity contribution in [1.82, 2.24) is 9.97 Å². The van der Waals surface area contributed by atoms with Gasteiger partial charge in [0.1, 0.15) is 11.6 Å². The lowest BCUT2D eigenvalue weighted by Crippen LogP contribution is -2.16. The summed E-state index contributed by atoms with van der Waals surface area (Å²) in [6, 6.07) is 0.278. The first-order valence-corrected chi connectivity index (χ1v) is 4.67. The van der Waals surface area contributed by atoms with E-state index < -0.39 is 0 Å². The Kier molecular flexibility index (Phi) is 4.12. The normalized spacial score (nSPS) is 12.4. The summed E-state index contributed by atoms with van der Waals surface area (Å²) in [4.78, 5) is 7.98. The Morgan fingerprint density at radius 1 is 1.50 bits per heavy atom. The highest BCUT2D eigenvalue weighted by atomic mass is 16.2. The molecule has 0 saturated heterocycles. The van der Waals surface area contributed by atoms with Gasteiger partial charge in [-0.05, 0) is 19.8 Å². The van der Waals surface area contributed by atoms with E-state index in [1.807, 2.05) is 6.92 Å². The Labute approximate surface area is 83.4 Å². The van der Waals surface area contributed by atoms with Crippen molar-refractivity contribution in [2.24, 2.45) is 0 Å². The fourth-order valence-electron chi connectivity index (χ4n) is 1.13. The average Bonchev–Trinajstić information content (AvgIpc) is 2.18. The van der Waals surface area contributed by atoms with E-state index in [9.17, 15) is 0 Å². The zero-order valence-corrected chi connectivity index (χ0v) is 8.27. The lowest BCUT2D eigenvalue weighted by Gasteiger charge is -2.13. The number of anilines is 2. The standard InChI is InChI=1S/C9H16N4O/c1-7(3-2-4-14)13-9-6-11-8(10)5-12-9/h5-7,14H,2-4H2,1H3,(H2,10,11)(H,12,13). The maximum Gasteiger partial charge on any atom is 0.144 e. The highest BCUT2D eigenvalue weighted by molar-refractivity contribution is 5.36. The van der Waals surface area contributed by atoms with E-state index in [4.69, 9.17) is 10.8 Å². The monoisotopic (exact) mass is 196 g/mol. The number of nitrogen functional groups attached to an aromatic ring is 1. The van der Waals surface area contributed by atoms with E-state index in [2.05, 4.69) is 15.3 Å². The van der Waals surface area contributed by atoms with Gasteiger partial charge in [0.25, 0.3) is 0 Å². The van der Waals surface area contributed by atoms with Crippen LogP contribution >= 0.6 is 0 Å². The summed E-state index contributed by atoms with van der Waals surface area (Å²) < 4.78 is 0. The third-order valence-electron chi connectivity index (χ3n) is 1.86. The Morgan fingerprint density at radius 2 is 2.29 bits per heavy atom. The number of aromatic nitrogens is 2. The molecule has 1 atom stereocenters. The molecule has 0 aromatic carbocycles. The molecule has 1 heterocycles. The van der Waals surface area contributed by atoms with Gasteiger partial charge in [-0.25, -0.2) is 9.97 Å². The highest BCUT2D eigenvalue weighted by Crippen LogP contribution is 2.06. The minimum absolute atomic E-state index is 0.222. The van der Waals surface area contributed by atoms with Crippen LogP contribution in [0.3, 0.4) is 0 Å². The van der Waals surface area contributed by atoms with Crippen LogP contribution in [0, 0.1) is 0 Å². The number of nitrogens with zero attached hydrogens (tertiary/aromatic N) is 2. The van der Waals surface area contributed by atoms with Crippen LogP contribution in [-0.2, 0) is 0 Å². The van der Waals surface area contributed by atoms with Gasteiger partial charge >= 0.3 is 0 Å². The summed E-state index contributed by atoms with van der Waals surface area (Å²) in [5, 5.41) is 11.8. The Morgan fingerprint density at radius 3 is 2.86 bits per heavy atom. The highest BCUT2D eigenvalue weighted by Gasteiger charge is 2.02. The molecule has 1 aromatic heterocycles. The van der Waals surface area contributed by atoms with Crippen LogP contribution in [0.5, 0.6) is 0 Å². The number of hydrogen-bond acceptors (Lipinski definition) is 5. The largest absolute Gasteiger partial charge is 0.396 e. The van der Waals surface area contributed by atoms with Crippen molar-refractivity contribution < 1.29 is 5.11 Å². The molecule has 0 aliphatic rings. The first-order chi connectivity index (χ1) is 6.72. The molecule has 78 valence electrons. The summed E-state index contributed by atoms with van der Waals surface area (Å²) >= 11 is 0. The topological polar surface area (TPSA) is 84.1 Å².